The van der Waals surface area contributed by atoms with E-state index in [2.05, 4.69) is 32.3 Å². The van der Waals surface area contributed by atoms with Gasteiger partial charge >= 0.3 is 5.91 Å². The van der Waals surface area contributed by atoms with Crippen LogP contribution in [0.5, 0.6) is 0 Å². The van der Waals surface area contributed by atoms with Crippen LogP contribution in [-0.4, -0.2) is 29.1 Å². The molecule has 2 heterocycles. The van der Waals surface area contributed by atoms with Crippen LogP contribution in [0.1, 0.15) is 60.8 Å². The molecule has 2 aromatic rings. The first-order valence-electron chi connectivity index (χ1n) is 9.95. The van der Waals surface area contributed by atoms with Crippen molar-refractivity contribution in [2.24, 2.45) is 0 Å². The minimum Gasteiger partial charge on any atom is -0.363 e. The molecule has 0 radical (unpaired) electrons. The van der Waals surface area contributed by atoms with Gasteiger partial charge in [-0.05, 0) is 56.7 Å². The average molecular weight is 392 g/mol. The highest BCUT2D eigenvalue weighted by Crippen LogP contribution is 2.37. The van der Waals surface area contributed by atoms with E-state index in [1.807, 2.05) is 19.1 Å². The lowest BCUT2D eigenvalue weighted by Crippen LogP contribution is -2.35. The highest BCUT2D eigenvalue weighted by molar-refractivity contribution is 6.03. The zero-order chi connectivity index (χ0) is 20.3. The molecule has 0 saturated carbocycles. The standard InChI is InChI=1S/C22H24N4O3/c1-22(28-11-6-12-29-22)16-9-10-18(17(13-16)15-7-4-3-5-8-15)25-21(27)20-24-14-19(23-2)26-20/h7,9-10,13-14H,3-6,8,11-12H2,1H3,(H,24,26)(H,25,27). The molecule has 7 heteroatoms. The fourth-order valence-corrected chi connectivity index (χ4v) is 3.75. The van der Waals surface area contributed by atoms with Gasteiger partial charge in [-0.15, -0.1) is 0 Å². The van der Waals surface area contributed by atoms with Crippen molar-refractivity contribution in [2.45, 2.75) is 44.8 Å². The number of benzene rings is 1. The van der Waals surface area contributed by atoms with E-state index in [1.165, 1.54) is 18.2 Å². The van der Waals surface area contributed by atoms with Crippen LogP contribution in [0.15, 0.2) is 30.5 Å². The Morgan fingerprint density at radius 2 is 2.10 bits per heavy atom. The van der Waals surface area contributed by atoms with Crippen molar-refractivity contribution in [1.29, 1.82) is 0 Å². The van der Waals surface area contributed by atoms with Crippen LogP contribution < -0.4 is 5.32 Å². The molecule has 1 saturated heterocycles. The molecule has 1 fully saturated rings. The summed E-state index contributed by atoms with van der Waals surface area (Å²) in [5.41, 5.74) is 3.85. The minimum absolute atomic E-state index is 0.120. The number of anilines is 1. The third-order valence-electron chi connectivity index (χ3n) is 5.37. The molecule has 7 nitrogen and oxygen atoms in total. The quantitative estimate of drug-likeness (QED) is 0.734. The summed E-state index contributed by atoms with van der Waals surface area (Å²) in [6, 6.07) is 5.88. The molecule has 150 valence electrons. The Bertz CT molecular complexity index is 980. The first-order valence-corrected chi connectivity index (χ1v) is 9.95. The van der Waals surface area contributed by atoms with Crippen molar-refractivity contribution in [2.75, 3.05) is 18.5 Å². The number of hydrogen-bond donors (Lipinski definition) is 2. The highest BCUT2D eigenvalue weighted by atomic mass is 16.7. The van der Waals surface area contributed by atoms with Crippen LogP contribution in [0.4, 0.5) is 11.5 Å². The van der Waals surface area contributed by atoms with Gasteiger partial charge < -0.3 is 19.6 Å². The number of ether oxygens (including phenoxy) is 2. The van der Waals surface area contributed by atoms with Gasteiger partial charge in [0.15, 0.2) is 5.79 Å². The summed E-state index contributed by atoms with van der Waals surface area (Å²) in [4.78, 5) is 22.6. The van der Waals surface area contributed by atoms with Crippen molar-refractivity contribution in [1.82, 2.24) is 9.97 Å². The number of nitrogens with zero attached hydrogens (tertiary/aromatic N) is 2. The number of allylic oxidation sites excluding steroid dienone is 2. The Morgan fingerprint density at radius 1 is 1.28 bits per heavy atom. The summed E-state index contributed by atoms with van der Waals surface area (Å²) in [5, 5.41) is 2.95. The van der Waals surface area contributed by atoms with E-state index in [1.54, 1.807) is 0 Å². The topological polar surface area (TPSA) is 80.6 Å². The van der Waals surface area contributed by atoms with E-state index in [0.29, 0.717) is 18.9 Å². The number of nitrogens with one attached hydrogen (secondary N) is 2. The Labute approximate surface area is 170 Å². The summed E-state index contributed by atoms with van der Waals surface area (Å²) in [7, 11) is 0. The first-order chi connectivity index (χ1) is 14.1. The van der Waals surface area contributed by atoms with Crippen molar-refractivity contribution in [3.8, 4) is 0 Å². The van der Waals surface area contributed by atoms with Crippen LogP contribution >= 0.6 is 0 Å². The maximum Gasteiger partial charge on any atom is 0.314 e. The van der Waals surface area contributed by atoms with Gasteiger partial charge in [-0.3, -0.25) is 9.78 Å². The van der Waals surface area contributed by atoms with Crippen molar-refractivity contribution < 1.29 is 14.3 Å². The number of carbonyl (C=O) groups is 1. The lowest BCUT2D eigenvalue weighted by atomic mass is 9.90. The number of hydrogen-bond acceptors (Lipinski definition) is 4. The monoisotopic (exact) mass is 392 g/mol. The summed E-state index contributed by atoms with van der Waals surface area (Å²) in [5.74, 6) is -0.799. The molecule has 1 amide bonds. The molecular weight excluding hydrogens is 368 g/mol. The van der Waals surface area contributed by atoms with E-state index < -0.39 is 5.79 Å². The second-order valence-electron chi connectivity index (χ2n) is 7.41. The van der Waals surface area contributed by atoms with Crippen LogP contribution in [0.25, 0.3) is 10.4 Å². The Hall–Kier alpha value is -2.95. The van der Waals surface area contributed by atoms with Gasteiger partial charge in [0.1, 0.15) is 0 Å². The first kappa shape index (κ1) is 19.4. The number of carbonyl (C=O) groups excluding carboxylic acids is 1. The molecule has 1 aliphatic carbocycles. The predicted octanol–water partition coefficient (Wildman–Crippen LogP) is 4.78. The van der Waals surface area contributed by atoms with Gasteiger partial charge in [0.05, 0.1) is 19.4 Å². The number of aromatic amines is 1. The molecule has 0 unspecified atom stereocenters. The molecule has 2 N–H and O–H groups in total. The SMILES string of the molecule is [C-]#[N+]c1cnc(C(=O)Nc2ccc(C3(C)OCCCO3)cc2C2=CCCCC2)[nH]1. The second-order valence-corrected chi connectivity index (χ2v) is 7.41. The van der Waals surface area contributed by atoms with Crippen LogP contribution in [0, 0.1) is 6.57 Å². The predicted molar refractivity (Wildman–Crippen MR) is 110 cm³/mol. The number of imidazole rings is 1. The fraction of sp³-hybridized carbons (Fsp3) is 0.409. The normalized spacial score (nSPS) is 18.6. The smallest absolute Gasteiger partial charge is 0.314 e. The Kier molecular flexibility index (Phi) is 5.47. The molecule has 4 rings (SSSR count). The number of rotatable bonds is 4. The number of aromatic nitrogens is 2. The third kappa shape index (κ3) is 4.09. The molecule has 1 aromatic heterocycles. The highest BCUT2D eigenvalue weighted by Gasteiger charge is 2.32. The van der Waals surface area contributed by atoms with Crippen LogP contribution in [0.3, 0.4) is 0 Å². The Balaban J connectivity index is 1.68. The Morgan fingerprint density at radius 3 is 2.79 bits per heavy atom. The van der Waals surface area contributed by atoms with Gasteiger partial charge in [-0.25, -0.2) is 4.98 Å². The summed E-state index contributed by atoms with van der Waals surface area (Å²) in [6.45, 7) is 10.3. The van der Waals surface area contributed by atoms with Crippen molar-refractivity contribution >= 4 is 23.0 Å². The lowest BCUT2D eigenvalue weighted by Gasteiger charge is -2.35. The van der Waals surface area contributed by atoms with Crippen molar-refractivity contribution in [3.63, 3.8) is 0 Å². The molecular formula is C22H24N4O3. The van der Waals surface area contributed by atoms with Crippen LogP contribution in [-0.2, 0) is 15.3 Å². The molecule has 0 atom stereocenters. The summed E-state index contributed by atoms with van der Waals surface area (Å²) >= 11 is 0. The van der Waals surface area contributed by atoms with E-state index in [4.69, 9.17) is 16.0 Å². The number of H-pyrrole nitrogens is 1. The molecule has 1 aliphatic heterocycles. The fourth-order valence-electron chi connectivity index (χ4n) is 3.75. The van der Waals surface area contributed by atoms with Crippen LogP contribution in [0.2, 0.25) is 0 Å². The third-order valence-corrected chi connectivity index (χ3v) is 5.37. The zero-order valence-electron chi connectivity index (χ0n) is 16.5. The largest absolute Gasteiger partial charge is 0.363 e. The lowest BCUT2D eigenvalue weighted by molar-refractivity contribution is -0.264. The van der Waals surface area contributed by atoms with Gasteiger partial charge in [0.2, 0.25) is 5.82 Å². The molecule has 2 aliphatic rings. The molecule has 0 spiro atoms. The maximum absolute atomic E-state index is 12.7. The summed E-state index contributed by atoms with van der Waals surface area (Å²) < 4.78 is 11.9. The molecule has 1 aromatic carbocycles. The minimum atomic E-state index is -0.781. The average Bonchev–Trinajstić information content (AvgIpc) is 3.25. The second kappa shape index (κ2) is 8.19. The van der Waals surface area contributed by atoms with Gasteiger partial charge in [-0.1, -0.05) is 18.7 Å². The van der Waals surface area contributed by atoms with Gasteiger partial charge in [0, 0.05) is 16.8 Å². The zero-order valence-corrected chi connectivity index (χ0v) is 16.5. The number of amides is 1. The van der Waals surface area contributed by atoms with E-state index in [9.17, 15) is 4.79 Å². The molecule has 29 heavy (non-hydrogen) atoms. The van der Waals surface area contributed by atoms with E-state index in [-0.39, 0.29) is 17.5 Å². The summed E-state index contributed by atoms with van der Waals surface area (Å²) in [6.07, 6.45) is 8.79. The van der Waals surface area contributed by atoms with Crippen molar-refractivity contribution in [3.05, 3.63) is 58.8 Å². The molecule has 0 bridgehead atoms. The van der Waals surface area contributed by atoms with Gasteiger partial charge in [-0.2, -0.15) is 0 Å². The maximum atomic E-state index is 12.7. The van der Waals surface area contributed by atoms with E-state index >= 15 is 0 Å². The van der Waals surface area contributed by atoms with Gasteiger partial charge in [0.25, 0.3) is 5.82 Å². The van der Waals surface area contributed by atoms with E-state index in [0.717, 1.165) is 36.8 Å².